The fourth-order valence-electron chi connectivity index (χ4n) is 2.67. The van der Waals surface area contributed by atoms with E-state index in [-0.39, 0.29) is 6.42 Å². The molecule has 1 aliphatic heterocycles. The number of rotatable bonds is 4. The number of carboxylic acid groups (broad SMARTS) is 1. The van der Waals surface area contributed by atoms with Crippen LogP contribution in [0.15, 0.2) is 18.2 Å². The predicted octanol–water partition coefficient (Wildman–Crippen LogP) is 1.60. The summed E-state index contributed by atoms with van der Waals surface area (Å²) in [6.45, 7) is 4.51. The summed E-state index contributed by atoms with van der Waals surface area (Å²) in [6, 6.07) is 3.55. The van der Waals surface area contributed by atoms with Crippen molar-refractivity contribution in [3.8, 4) is 0 Å². The molecule has 1 atom stereocenters. The molecule has 21 heavy (non-hydrogen) atoms. The monoisotopic (exact) mass is 298 g/mol. The Labute approximate surface area is 123 Å². The van der Waals surface area contributed by atoms with Gasteiger partial charge in [0.2, 0.25) is 0 Å². The number of hydrogen-bond donors (Lipinski definition) is 1. The molecular formula is C15H20F2N2O2. The summed E-state index contributed by atoms with van der Waals surface area (Å²) < 4.78 is 26.3. The van der Waals surface area contributed by atoms with Crippen molar-refractivity contribution in [1.29, 1.82) is 0 Å². The first-order valence-corrected chi connectivity index (χ1v) is 6.94. The van der Waals surface area contributed by atoms with Crippen LogP contribution in [-0.4, -0.2) is 59.6 Å². The molecule has 1 N–H and O–H groups in total. The highest BCUT2D eigenvalue weighted by Crippen LogP contribution is 2.24. The number of hydrogen-bond acceptors (Lipinski definition) is 3. The fourth-order valence-corrected chi connectivity index (χ4v) is 2.67. The lowest BCUT2D eigenvalue weighted by molar-refractivity contribution is -0.151. The molecule has 1 unspecified atom stereocenters. The molecule has 1 fully saturated rings. The van der Waals surface area contributed by atoms with Crippen LogP contribution >= 0.6 is 0 Å². The second-order valence-corrected chi connectivity index (χ2v) is 5.79. The zero-order chi connectivity index (χ0) is 15.6. The van der Waals surface area contributed by atoms with E-state index < -0.39 is 23.1 Å². The van der Waals surface area contributed by atoms with Gasteiger partial charge < -0.3 is 10.0 Å². The number of piperazine rings is 1. The minimum absolute atomic E-state index is 0.142. The van der Waals surface area contributed by atoms with Gasteiger partial charge in [-0.3, -0.25) is 9.69 Å². The second kappa shape index (κ2) is 6.07. The molecule has 0 aliphatic carbocycles. The van der Waals surface area contributed by atoms with Crippen molar-refractivity contribution in [3.05, 3.63) is 35.4 Å². The van der Waals surface area contributed by atoms with Gasteiger partial charge in [0, 0.05) is 32.6 Å². The van der Waals surface area contributed by atoms with E-state index in [1.165, 1.54) is 6.07 Å². The first kappa shape index (κ1) is 15.9. The maximum absolute atomic E-state index is 13.3. The standard InChI is InChI=1S/C15H20F2N2O2/c1-15(14(20)21,19-7-5-18(2)6-8-19)10-11-3-4-12(16)13(17)9-11/h3-4,9H,5-8,10H2,1-2H3,(H,20,21). The fraction of sp³-hybridized carbons (Fsp3) is 0.533. The number of nitrogens with zero attached hydrogens (tertiary/aromatic N) is 2. The van der Waals surface area contributed by atoms with Gasteiger partial charge in [-0.2, -0.15) is 0 Å². The lowest BCUT2D eigenvalue weighted by Gasteiger charge is -2.42. The summed E-state index contributed by atoms with van der Waals surface area (Å²) in [5.41, 5.74) is -0.636. The van der Waals surface area contributed by atoms with Crippen LogP contribution < -0.4 is 0 Å². The summed E-state index contributed by atoms with van der Waals surface area (Å²) in [4.78, 5) is 15.8. The highest BCUT2D eigenvalue weighted by atomic mass is 19.2. The normalized spacial score (nSPS) is 20.2. The minimum Gasteiger partial charge on any atom is -0.480 e. The van der Waals surface area contributed by atoms with Gasteiger partial charge in [-0.25, -0.2) is 8.78 Å². The summed E-state index contributed by atoms with van der Waals surface area (Å²) in [5, 5.41) is 9.61. The Morgan fingerprint density at radius 2 is 1.86 bits per heavy atom. The molecule has 1 aromatic carbocycles. The van der Waals surface area contributed by atoms with E-state index in [1.807, 2.05) is 11.9 Å². The van der Waals surface area contributed by atoms with Gasteiger partial charge in [0.15, 0.2) is 11.6 Å². The van der Waals surface area contributed by atoms with Crippen molar-refractivity contribution in [2.45, 2.75) is 18.9 Å². The van der Waals surface area contributed by atoms with Gasteiger partial charge in [0.25, 0.3) is 0 Å². The van der Waals surface area contributed by atoms with E-state index in [2.05, 4.69) is 4.90 Å². The molecule has 0 spiro atoms. The first-order chi connectivity index (χ1) is 9.83. The summed E-state index contributed by atoms with van der Waals surface area (Å²) >= 11 is 0. The molecule has 4 nitrogen and oxygen atoms in total. The first-order valence-electron chi connectivity index (χ1n) is 6.94. The second-order valence-electron chi connectivity index (χ2n) is 5.79. The molecule has 6 heteroatoms. The van der Waals surface area contributed by atoms with Crippen LogP contribution in [0.3, 0.4) is 0 Å². The van der Waals surface area contributed by atoms with E-state index in [0.29, 0.717) is 18.7 Å². The van der Waals surface area contributed by atoms with Crippen LogP contribution in [0, 0.1) is 11.6 Å². The summed E-state index contributed by atoms with van der Waals surface area (Å²) in [7, 11) is 1.99. The number of carbonyl (C=O) groups is 1. The van der Waals surface area contributed by atoms with E-state index in [9.17, 15) is 18.7 Å². The van der Waals surface area contributed by atoms with Crippen LogP contribution in [0.4, 0.5) is 8.78 Å². The maximum atomic E-state index is 13.3. The lowest BCUT2D eigenvalue weighted by Crippen LogP contribution is -2.59. The zero-order valence-electron chi connectivity index (χ0n) is 12.3. The Morgan fingerprint density at radius 1 is 1.24 bits per heavy atom. The largest absolute Gasteiger partial charge is 0.480 e. The van der Waals surface area contributed by atoms with Gasteiger partial charge in [-0.1, -0.05) is 6.07 Å². The Balaban J connectivity index is 2.21. The summed E-state index contributed by atoms with van der Waals surface area (Å²) in [6.07, 6.45) is 0.142. The topological polar surface area (TPSA) is 43.8 Å². The third kappa shape index (κ3) is 3.39. The van der Waals surface area contributed by atoms with Crippen molar-refractivity contribution in [2.24, 2.45) is 0 Å². The molecule has 2 rings (SSSR count). The quantitative estimate of drug-likeness (QED) is 0.917. The molecule has 0 bridgehead atoms. The Kier molecular flexibility index (Phi) is 4.58. The SMILES string of the molecule is CN1CCN(C(C)(Cc2ccc(F)c(F)c2)C(=O)O)CC1. The number of likely N-dealkylation sites (N-methyl/N-ethyl adjacent to an activating group) is 1. The van der Waals surface area contributed by atoms with Crippen molar-refractivity contribution in [2.75, 3.05) is 33.2 Å². The van der Waals surface area contributed by atoms with Gasteiger partial charge in [-0.15, -0.1) is 0 Å². The van der Waals surface area contributed by atoms with E-state index in [4.69, 9.17) is 0 Å². The molecule has 0 saturated carbocycles. The van der Waals surface area contributed by atoms with Gasteiger partial charge in [0.05, 0.1) is 0 Å². The predicted molar refractivity (Wildman–Crippen MR) is 75.2 cm³/mol. The maximum Gasteiger partial charge on any atom is 0.324 e. The van der Waals surface area contributed by atoms with Crippen molar-refractivity contribution >= 4 is 5.97 Å². The van der Waals surface area contributed by atoms with Crippen LogP contribution in [0.1, 0.15) is 12.5 Å². The number of benzene rings is 1. The number of halogens is 2. The average Bonchev–Trinajstić information content (AvgIpc) is 2.43. The van der Waals surface area contributed by atoms with Crippen molar-refractivity contribution in [3.63, 3.8) is 0 Å². The van der Waals surface area contributed by atoms with Gasteiger partial charge in [0.1, 0.15) is 5.54 Å². The molecular weight excluding hydrogens is 278 g/mol. The number of carboxylic acids is 1. The third-order valence-electron chi connectivity index (χ3n) is 4.19. The lowest BCUT2D eigenvalue weighted by atomic mass is 9.90. The van der Waals surface area contributed by atoms with Crippen LogP contribution in [0.25, 0.3) is 0 Å². The van der Waals surface area contributed by atoms with Crippen LogP contribution in [0.5, 0.6) is 0 Å². The van der Waals surface area contributed by atoms with E-state index in [0.717, 1.165) is 25.2 Å². The summed E-state index contributed by atoms with van der Waals surface area (Å²) in [5.74, 6) is -2.81. The van der Waals surface area contributed by atoms with Crippen LogP contribution in [-0.2, 0) is 11.2 Å². The molecule has 1 heterocycles. The zero-order valence-corrected chi connectivity index (χ0v) is 12.3. The molecule has 1 aromatic rings. The number of aliphatic carboxylic acids is 1. The Morgan fingerprint density at radius 3 is 2.38 bits per heavy atom. The van der Waals surface area contributed by atoms with Gasteiger partial charge >= 0.3 is 5.97 Å². The van der Waals surface area contributed by atoms with Crippen LogP contribution in [0.2, 0.25) is 0 Å². The molecule has 1 aliphatic rings. The molecule has 0 aromatic heterocycles. The van der Waals surface area contributed by atoms with Crippen molar-refractivity contribution < 1.29 is 18.7 Å². The highest BCUT2D eigenvalue weighted by molar-refractivity contribution is 5.78. The smallest absolute Gasteiger partial charge is 0.324 e. The molecule has 0 amide bonds. The molecule has 116 valence electrons. The van der Waals surface area contributed by atoms with Crippen molar-refractivity contribution in [1.82, 2.24) is 9.80 Å². The Hall–Kier alpha value is -1.53. The Bertz CT molecular complexity index is 530. The third-order valence-corrected chi connectivity index (χ3v) is 4.19. The van der Waals surface area contributed by atoms with E-state index in [1.54, 1.807) is 6.92 Å². The van der Waals surface area contributed by atoms with Gasteiger partial charge in [-0.05, 0) is 31.7 Å². The molecule has 0 radical (unpaired) electrons. The average molecular weight is 298 g/mol. The molecule has 1 saturated heterocycles. The van der Waals surface area contributed by atoms with E-state index >= 15 is 0 Å². The minimum atomic E-state index is -1.12. The highest BCUT2D eigenvalue weighted by Gasteiger charge is 2.40.